The van der Waals surface area contributed by atoms with E-state index in [4.69, 9.17) is 4.74 Å². The molecule has 0 amide bonds. The molecule has 2 aliphatic rings. The average molecular weight is 254 g/mol. The number of ether oxygens (including phenoxy) is 1. The van der Waals surface area contributed by atoms with Gasteiger partial charge in [0.1, 0.15) is 0 Å². The Hall–Kier alpha value is -0.120. The maximum Gasteiger partial charge on any atom is 0.0471 e. The maximum atomic E-state index is 5.50. The number of nitrogens with zero attached hydrogens (tertiary/aromatic N) is 1. The molecule has 1 N–H and O–H groups in total. The van der Waals surface area contributed by atoms with Gasteiger partial charge in [0.15, 0.2) is 0 Å². The summed E-state index contributed by atoms with van der Waals surface area (Å²) in [6.45, 7) is 12.6. The Morgan fingerprint density at radius 2 is 2.06 bits per heavy atom. The van der Waals surface area contributed by atoms with Crippen LogP contribution in [0.2, 0.25) is 0 Å². The van der Waals surface area contributed by atoms with Crippen molar-refractivity contribution in [1.29, 1.82) is 0 Å². The van der Waals surface area contributed by atoms with Crippen molar-refractivity contribution in [2.45, 2.75) is 58.5 Å². The van der Waals surface area contributed by atoms with Gasteiger partial charge >= 0.3 is 0 Å². The maximum absolute atomic E-state index is 5.50. The van der Waals surface area contributed by atoms with Gasteiger partial charge < -0.3 is 15.0 Å². The van der Waals surface area contributed by atoms with Gasteiger partial charge in [-0.15, -0.1) is 0 Å². The molecule has 2 rings (SSSR count). The van der Waals surface area contributed by atoms with E-state index in [9.17, 15) is 0 Å². The van der Waals surface area contributed by atoms with Crippen LogP contribution in [0.25, 0.3) is 0 Å². The third-order valence-corrected chi connectivity index (χ3v) is 4.79. The summed E-state index contributed by atoms with van der Waals surface area (Å²) in [6.07, 6.45) is 5.07. The molecule has 2 heterocycles. The molecule has 0 radical (unpaired) electrons. The molecule has 0 saturated carbocycles. The van der Waals surface area contributed by atoms with Gasteiger partial charge in [-0.2, -0.15) is 0 Å². The van der Waals surface area contributed by atoms with Gasteiger partial charge in [0, 0.05) is 31.8 Å². The molecule has 2 fully saturated rings. The van der Waals surface area contributed by atoms with Gasteiger partial charge in [-0.1, -0.05) is 13.8 Å². The van der Waals surface area contributed by atoms with E-state index >= 15 is 0 Å². The summed E-state index contributed by atoms with van der Waals surface area (Å²) in [5, 5.41) is 3.60. The molecular weight excluding hydrogens is 224 g/mol. The van der Waals surface area contributed by atoms with Crippen LogP contribution in [0.4, 0.5) is 0 Å². The van der Waals surface area contributed by atoms with Gasteiger partial charge in [-0.3, -0.25) is 0 Å². The van der Waals surface area contributed by atoms with Crippen molar-refractivity contribution >= 4 is 0 Å². The van der Waals surface area contributed by atoms with E-state index in [0.717, 1.165) is 31.8 Å². The van der Waals surface area contributed by atoms with Crippen LogP contribution in [-0.2, 0) is 4.74 Å². The van der Waals surface area contributed by atoms with Crippen molar-refractivity contribution in [2.75, 3.05) is 32.8 Å². The molecule has 0 spiro atoms. The van der Waals surface area contributed by atoms with Crippen LogP contribution in [-0.4, -0.2) is 49.8 Å². The minimum absolute atomic E-state index is 0.484. The first-order chi connectivity index (χ1) is 8.63. The highest BCUT2D eigenvalue weighted by Gasteiger charge is 2.33. The lowest BCUT2D eigenvalue weighted by Crippen LogP contribution is -2.51. The number of rotatable bonds is 4. The number of piperidine rings is 1. The largest absolute Gasteiger partial charge is 0.381 e. The summed E-state index contributed by atoms with van der Waals surface area (Å²) < 4.78 is 5.50. The highest BCUT2D eigenvalue weighted by molar-refractivity contribution is 4.88. The summed E-state index contributed by atoms with van der Waals surface area (Å²) in [5.41, 5.74) is 0.484. The first-order valence-corrected chi connectivity index (χ1v) is 7.68. The third kappa shape index (κ3) is 3.69. The SMILES string of the molecule is CCNC1CCN(CC2(C)CCOCC2)C(C)C1. The number of hydrogen-bond donors (Lipinski definition) is 1. The lowest BCUT2D eigenvalue weighted by atomic mass is 9.81. The summed E-state index contributed by atoms with van der Waals surface area (Å²) >= 11 is 0. The minimum Gasteiger partial charge on any atom is -0.381 e. The second kappa shape index (κ2) is 6.36. The fourth-order valence-electron chi connectivity index (χ4n) is 3.44. The summed E-state index contributed by atoms with van der Waals surface area (Å²) in [5.74, 6) is 0. The van der Waals surface area contributed by atoms with E-state index in [-0.39, 0.29) is 0 Å². The third-order valence-electron chi connectivity index (χ3n) is 4.79. The molecule has 2 atom stereocenters. The standard InChI is InChI=1S/C15H30N2O/c1-4-16-14-5-8-17(13(2)11-14)12-15(3)6-9-18-10-7-15/h13-14,16H,4-12H2,1-3H3. The van der Waals surface area contributed by atoms with Crippen molar-refractivity contribution in [3.05, 3.63) is 0 Å². The quantitative estimate of drug-likeness (QED) is 0.833. The monoisotopic (exact) mass is 254 g/mol. The summed E-state index contributed by atoms with van der Waals surface area (Å²) in [7, 11) is 0. The van der Waals surface area contributed by atoms with Crippen LogP contribution in [0, 0.1) is 5.41 Å². The fraction of sp³-hybridized carbons (Fsp3) is 1.00. The predicted molar refractivity (Wildman–Crippen MR) is 75.9 cm³/mol. The number of nitrogens with one attached hydrogen (secondary N) is 1. The van der Waals surface area contributed by atoms with Crippen LogP contribution in [0.15, 0.2) is 0 Å². The second-order valence-corrected chi connectivity index (χ2v) is 6.52. The highest BCUT2D eigenvalue weighted by Crippen LogP contribution is 2.32. The predicted octanol–water partition coefficient (Wildman–Crippen LogP) is 2.27. The van der Waals surface area contributed by atoms with E-state index < -0.39 is 0 Å². The van der Waals surface area contributed by atoms with Gasteiger partial charge in [0.25, 0.3) is 0 Å². The van der Waals surface area contributed by atoms with E-state index in [2.05, 4.69) is 31.0 Å². The van der Waals surface area contributed by atoms with Crippen LogP contribution >= 0.6 is 0 Å². The first kappa shape index (κ1) is 14.3. The Balaban J connectivity index is 1.83. The van der Waals surface area contributed by atoms with Crippen molar-refractivity contribution < 1.29 is 4.74 Å². The Morgan fingerprint density at radius 3 is 2.67 bits per heavy atom. The zero-order valence-corrected chi connectivity index (χ0v) is 12.4. The van der Waals surface area contributed by atoms with E-state index in [1.165, 1.54) is 38.8 Å². The average Bonchev–Trinajstić information content (AvgIpc) is 2.34. The molecule has 2 saturated heterocycles. The van der Waals surface area contributed by atoms with Crippen LogP contribution in [0.3, 0.4) is 0 Å². The van der Waals surface area contributed by atoms with Gasteiger partial charge in [0.2, 0.25) is 0 Å². The topological polar surface area (TPSA) is 24.5 Å². The normalized spacial score (nSPS) is 33.5. The molecule has 0 aromatic heterocycles. The van der Waals surface area contributed by atoms with E-state index in [1.807, 2.05) is 0 Å². The second-order valence-electron chi connectivity index (χ2n) is 6.52. The molecule has 3 nitrogen and oxygen atoms in total. The molecule has 2 aliphatic heterocycles. The van der Waals surface area contributed by atoms with E-state index in [1.54, 1.807) is 0 Å². The van der Waals surface area contributed by atoms with Crippen molar-refractivity contribution in [2.24, 2.45) is 5.41 Å². The summed E-state index contributed by atoms with van der Waals surface area (Å²) in [4.78, 5) is 2.71. The van der Waals surface area contributed by atoms with Crippen molar-refractivity contribution in [3.8, 4) is 0 Å². The molecule has 0 aromatic carbocycles. The zero-order chi connectivity index (χ0) is 13.0. The van der Waals surface area contributed by atoms with Crippen molar-refractivity contribution in [3.63, 3.8) is 0 Å². The van der Waals surface area contributed by atoms with Crippen LogP contribution < -0.4 is 5.32 Å². The Kier molecular flexibility index (Phi) is 5.05. The Labute approximate surface area is 112 Å². The number of hydrogen-bond acceptors (Lipinski definition) is 3. The van der Waals surface area contributed by atoms with Gasteiger partial charge in [0.05, 0.1) is 0 Å². The summed E-state index contributed by atoms with van der Waals surface area (Å²) in [6, 6.07) is 1.46. The van der Waals surface area contributed by atoms with Gasteiger partial charge in [-0.05, 0) is 51.1 Å². The lowest BCUT2D eigenvalue weighted by Gasteiger charge is -2.44. The Morgan fingerprint density at radius 1 is 1.33 bits per heavy atom. The van der Waals surface area contributed by atoms with Crippen LogP contribution in [0.5, 0.6) is 0 Å². The molecule has 106 valence electrons. The molecule has 0 bridgehead atoms. The molecule has 0 aliphatic carbocycles. The highest BCUT2D eigenvalue weighted by atomic mass is 16.5. The van der Waals surface area contributed by atoms with Crippen molar-refractivity contribution in [1.82, 2.24) is 10.2 Å². The Bertz CT molecular complexity index is 251. The van der Waals surface area contributed by atoms with E-state index in [0.29, 0.717) is 5.41 Å². The minimum atomic E-state index is 0.484. The molecule has 3 heteroatoms. The number of likely N-dealkylation sites (tertiary alicyclic amines) is 1. The smallest absolute Gasteiger partial charge is 0.0471 e. The van der Waals surface area contributed by atoms with Crippen LogP contribution in [0.1, 0.15) is 46.5 Å². The molecule has 2 unspecified atom stereocenters. The molecule has 18 heavy (non-hydrogen) atoms. The fourth-order valence-corrected chi connectivity index (χ4v) is 3.44. The molecule has 0 aromatic rings. The molecular formula is C15H30N2O. The first-order valence-electron chi connectivity index (χ1n) is 7.68. The van der Waals surface area contributed by atoms with Gasteiger partial charge in [-0.25, -0.2) is 0 Å². The lowest BCUT2D eigenvalue weighted by molar-refractivity contribution is -0.00886. The zero-order valence-electron chi connectivity index (χ0n) is 12.4.